The number of carbonyl (C=O) groups is 3. The van der Waals surface area contributed by atoms with E-state index < -0.39 is 11.7 Å². The molecule has 102 valence electrons. The minimum Gasteiger partial charge on any atom is -0.295 e. The van der Waals surface area contributed by atoms with Gasteiger partial charge in [-0.1, -0.05) is 29.8 Å². The van der Waals surface area contributed by atoms with Crippen LogP contribution in [0.5, 0.6) is 0 Å². The van der Waals surface area contributed by atoms with Crippen LogP contribution >= 0.6 is 11.3 Å². The summed E-state index contributed by atoms with van der Waals surface area (Å²) in [6.45, 7) is 3.28. The maximum absolute atomic E-state index is 11.9. The van der Waals surface area contributed by atoms with Crippen molar-refractivity contribution in [3.63, 3.8) is 0 Å². The van der Waals surface area contributed by atoms with E-state index in [9.17, 15) is 14.4 Å². The first-order chi connectivity index (χ1) is 9.47. The Morgan fingerprint density at radius 1 is 1.15 bits per heavy atom. The lowest BCUT2D eigenvalue weighted by atomic mass is 10.1. The highest BCUT2D eigenvalue weighted by Gasteiger charge is 2.18. The number of thiazole rings is 1. The third-order valence-electron chi connectivity index (χ3n) is 2.61. The van der Waals surface area contributed by atoms with Gasteiger partial charge in [-0.25, -0.2) is 4.98 Å². The van der Waals surface area contributed by atoms with E-state index in [1.54, 1.807) is 24.3 Å². The van der Waals surface area contributed by atoms with E-state index in [-0.39, 0.29) is 16.6 Å². The zero-order chi connectivity index (χ0) is 14.7. The first-order valence-electron chi connectivity index (χ1n) is 5.86. The van der Waals surface area contributed by atoms with Crippen LogP contribution in [0.3, 0.4) is 0 Å². The number of aromatic nitrogens is 1. The number of carbonyl (C=O) groups excluding carboxylic acids is 3. The SMILES string of the molecule is CC(=O)c1csc(NC(=O)C(=O)c2ccc(C)cc2)n1. The van der Waals surface area contributed by atoms with Crippen LogP contribution in [0.2, 0.25) is 0 Å². The van der Waals surface area contributed by atoms with Gasteiger partial charge in [0.2, 0.25) is 0 Å². The van der Waals surface area contributed by atoms with Crippen LogP contribution in [-0.4, -0.2) is 22.5 Å². The van der Waals surface area contributed by atoms with Crippen molar-refractivity contribution < 1.29 is 14.4 Å². The number of nitrogens with zero attached hydrogens (tertiary/aromatic N) is 1. The summed E-state index contributed by atoms with van der Waals surface area (Å²) in [5.41, 5.74) is 1.59. The number of Topliss-reactive ketones (excluding diaryl/α,β-unsaturated/α-hetero) is 2. The molecule has 0 unspecified atom stereocenters. The molecule has 1 amide bonds. The molecular weight excluding hydrogens is 276 g/mol. The zero-order valence-electron chi connectivity index (χ0n) is 11.0. The second-order valence-electron chi connectivity index (χ2n) is 4.24. The molecule has 5 nitrogen and oxygen atoms in total. The predicted octanol–water partition coefficient (Wildman–Crippen LogP) is 2.48. The maximum Gasteiger partial charge on any atom is 0.298 e. The maximum atomic E-state index is 11.9. The normalized spacial score (nSPS) is 10.1. The average molecular weight is 288 g/mol. The Bertz CT molecular complexity index is 674. The summed E-state index contributed by atoms with van der Waals surface area (Å²) in [6.07, 6.45) is 0. The molecule has 0 radical (unpaired) electrons. The standard InChI is InChI=1S/C14H12N2O3S/c1-8-3-5-10(6-4-8)12(18)13(19)16-14-15-11(7-20-14)9(2)17/h3-7H,1-2H3,(H,15,16,19). The number of amides is 1. The second-order valence-corrected chi connectivity index (χ2v) is 5.10. The van der Waals surface area contributed by atoms with Crippen molar-refractivity contribution in [3.05, 3.63) is 46.5 Å². The second kappa shape index (κ2) is 5.75. The molecule has 0 atom stereocenters. The molecule has 0 bridgehead atoms. The fourth-order valence-electron chi connectivity index (χ4n) is 1.48. The van der Waals surface area contributed by atoms with Crippen molar-refractivity contribution in [2.45, 2.75) is 13.8 Å². The van der Waals surface area contributed by atoms with Crippen LogP contribution in [0, 0.1) is 6.92 Å². The Balaban J connectivity index is 2.09. The van der Waals surface area contributed by atoms with Crippen molar-refractivity contribution in [2.24, 2.45) is 0 Å². The van der Waals surface area contributed by atoms with E-state index in [0.29, 0.717) is 5.56 Å². The number of hydrogen-bond donors (Lipinski definition) is 1. The molecule has 0 aliphatic heterocycles. The number of anilines is 1. The molecule has 0 aliphatic carbocycles. The Morgan fingerprint density at radius 3 is 2.35 bits per heavy atom. The predicted molar refractivity (Wildman–Crippen MR) is 76.3 cm³/mol. The van der Waals surface area contributed by atoms with Gasteiger partial charge in [0, 0.05) is 17.9 Å². The Kier molecular flexibility index (Phi) is 4.05. The van der Waals surface area contributed by atoms with E-state index in [0.717, 1.165) is 16.9 Å². The van der Waals surface area contributed by atoms with Crippen LogP contribution in [0.1, 0.15) is 33.3 Å². The first kappa shape index (κ1) is 14.1. The lowest BCUT2D eigenvalue weighted by molar-refractivity contribution is -0.112. The number of benzene rings is 1. The van der Waals surface area contributed by atoms with Gasteiger partial charge in [-0.2, -0.15) is 0 Å². The van der Waals surface area contributed by atoms with Crippen molar-refractivity contribution in [3.8, 4) is 0 Å². The molecule has 20 heavy (non-hydrogen) atoms. The van der Waals surface area contributed by atoms with Gasteiger partial charge in [0.25, 0.3) is 11.7 Å². The average Bonchev–Trinajstić information content (AvgIpc) is 2.87. The van der Waals surface area contributed by atoms with E-state index in [1.807, 2.05) is 6.92 Å². The molecular formula is C14H12N2O3S. The van der Waals surface area contributed by atoms with Crippen molar-refractivity contribution in [1.82, 2.24) is 4.98 Å². The third-order valence-corrected chi connectivity index (χ3v) is 3.36. The summed E-state index contributed by atoms with van der Waals surface area (Å²) in [4.78, 5) is 38.7. The van der Waals surface area contributed by atoms with Gasteiger partial charge in [-0.3, -0.25) is 19.7 Å². The lowest BCUT2D eigenvalue weighted by Gasteiger charge is -2.01. The lowest BCUT2D eigenvalue weighted by Crippen LogP contribution is -2.22. The van der Waals surface area contributed by atoms with Crippen molar-refractivity contribution >= 4 is 33.9 Å². The smallest absolute Gasteiger partial charge is 0.295 e. The van der Waals surface area contributed by atoms with Crippen molar-refractivity contribution in [1.29, 1.82) is 0 Å². The topological polar surface area (TPSA) is 76.1 Å². The minimum atomic E-state index is -0.765. The molecule has 1 aromatic heterocycles. The van der Waals surface area contributed by atoms with Gasteiger partial charge in [-0.15, -0.1) is 11.3 Å². The highest BCUT2D eigenvalue weighted by molar-refractivity contribution is 7.14. The Hall–Kier alpha value is -2.34. The van der Waals surface area contributed by atoms with Gasteiger partial charge in [0.05, 0.1) is 0 Å². The molecule has 0 saturated carbocycles. The van der Waals surface area contributed by atoms with E-state index in [4.69, 9.17) is 0 Å². The van der Waals surface area contributed by atoms with Crippen LogP contribution in [0.15, 0.2) is 29.6 Å². The molecule has 1 N–H and O–H groups in total. The van der Waals surface area contributed by atoms with Gasteiger partial charge in [0.15, 0.2) is 10.9 Å². The number of hydrogen-bond acceptors (Lipinski definition) is 5. The van der Waals surface area contributed by atoms with E-state index in [1.165, 1.54) is 12.3 Å². The highest BCUT2D eigenvalue weighted by Crippen LogP contribution is 2.16. The van der Waals surface area contributed by atoms with Crippen molar-refractivity contribution in [2.75, 3.05) is 5.32 Å². The molecule has 0 spiro atoms. The summed E-state index contributed by atoms with van der Waals surface area (Å²) >= 11 is 1.11. The molecule has 1 heterocycles. The molecule has 2 aromatic rings. The zero-order valence-corrected chi connectivity index (χ0v) is 11.8. The monoisotopic (exact) mass is 288 g/mol. The summed E-state index contributed by atoms with van der Waals surface area (Å²) in [5, 5.41) is 4.17. The number of ketones is 2. The number of aryl methyl sites for hydroxylation is 1. The molecule has 0 saturated heterocycles. The molecule has 0 aliphatic rings. The highest BCUT2D eigenvalue weighted by atomic mass is 32.1. The largest absolute Gasteiger partial charge is 0.298 e. The third kappa shape index (κ3) is 3.16. The van der Waals surface area contributed by atoms with Crippen LogP contribution in [-0.2, 0) is 4.79 Å². The Morgan fingerprint density at radius 2 is 1.80 bits per heavy atom. The number of rotatable bonds is 4. The van der Waals surface area contributed by atoms with Gasteiger partial charge >= 0.3 is 0 Å². The van der Waals surface area contributed by atoms with Gasteiger partial charge in [-0.05, 0) is 6.92 Å². The molecule has 2 rings (SSSR count). The van der Waals surface area contributed by atoms with Gasteiger partial charge < -0.3 is 0 Å². The summed E-state index contributed by atoms with van der Waals surface area (Å²) in [5.74, 6) is -1.59. The summed E-state index contributed by atoms with van der Waals surface area (Å²) in [7, 11) is 0. The first-order valence-corrected chi connectivity index (χ1v) is 6.74. The minimum absolute atomic E-state index is 0.188. The molecule has 6 heteroatoms. The summed E-state index contributed by atoms with van der Waals surface area (Å²) in [6, 6.07) is 6.72. The molecule has 0 fully saturated rings. The van der Waals surface area contributed by atoms with E-state index >= 15 is 0 Å². The molecule has 1 aromatic carbocycles. The fraction of sp³-hybridized carbons (Fsp3) is 0.143. The number of nitrogens with one attached hydrogen (secondary N) is 1. The van der Waals surface area contributed by atoms with Crippen LogP contribution < -0.4 is 5.32 Å². The van der Waals surface area contributed by atoms with Gasteiger partial charge in [0.1, 0.15) is 5.69 Å². The summed E-state index contributed by atoms with van der Waals surface area (Å²) < 4.78 is 0. The fourth-order valence-corrected chi connectivity index (χ4v) is 2.23. The Labute approximate surface area is 119 Å². The van der Waals surface area contributed by atoms with Crippen LogP contribution in [0.25, 0.3) is 0 Å². The van der Waals surface area contributed by atoms with Crippen LogP contribution in [0.4, 0.5) is 5.13 Å². The van der Waals surface area contributed by atoms with E-state index in [2.05, 4.69) is 10.3 Å². The quantitative estimate of drug-likeness (QED) is 0.692.